The number of hydrogen-bond donors (Lipinski definition) is 2. The fourth-order valence-corrected chi connectivity index (χ4v) is 4.77. The number of nitrogens with two attached hydrogens (primary N) is 1. The molecule has 1 unspecified atom stereocenters. The Hall–Kier alpha value is -2.57. The quantitative estimate of drug-likeness (QED) is 0.0930. The second-order valence-electron chi connectivity index (χ2n) is 8.28. The average Bonchev–Trinajstić information content (AvgIpc) is 2.87. The highest BCUT2D eigenvalue weighted by Gasteiger charge is 2.35. The molecule has 1 saturated carbocycles. The number of carbonyl (C=O) groups excluding carboxylic acids is 2. The summed E-state index contributed by atoms with van der Waals surface area (Å²) in [4.78, 5) is 36.2. The number of aliphatic carboxylic acids is 1. The third-order valence-corrected chi connectivity index (χ3v) is 6.78. The number of rotatable bonds is 16. The molecule has 1 rings (SSSR count). The summed E-state index contributed by atoms with van der Waals surface area (Å²) >= 11 is 0. The molecule has 1 atom stereocenters. The summed E-state index contributed by atoms with van der Waals surface area (Å²) in [6, 6.07) is -0.981. The number of carboxylic acid groups (broad SMARTS) is 1. The topological polar surface area (TPSA) is 186 Å². The maximum atomic E-state index is 13.3. The maximum Gasteiger partial charge on any atom is 0.508 e. The molecular weight excluding hydrogens is 513 g/mol. The smallest absolute Gasteiger partial charge is 0.480 e. The van der Waals surface area contributed by atoms with E-state index in [4.69, 9.17) is 33.7 Å². The lowest BCUT2D eigenvalue weighted by Gasteiger charge is -2.34. The minimum Gasteiger partial charge on any atom is -0.480 e. The zero-order chi connectivity index (χ0) is 27.7. The zero-order valence-electron chi connectivity index (χ0n) is 21.8. The largest absolute Gasteiger partial charge is 0.508 e. The van der Waals surface area contributed by atoms with Crippen molar-refractivity contribution in [2.24, 2.45) is 16.4 Å². The van der Waals surface area contributed by atoms with Gasteiger partial charge < -0.3 is 34.7 Å². The zero-order valence-corrected chi connectivity index (χ0v) is 22.7. The van der Waals surface area contributed by atoms with E-state index in [0.717, 1.165) is 32.1 Å². The molecule has 1 aliphatic carbocycles. The van der Waals surface area contributed by atoms with Crippen LogP contribution in [0.5, 0.6) is 0 Å². The molecule has 3 N–H and O–H groups in total. The number of hydrogen-bond acceptors (Lipinski definition) is 10. The third-order valence-electron chi connectivity index (χ3n) is 5.32. The van der Waals surface area contributed by atoms with Crippen molar-refractivity contribution >= 4 is 32.0 Å². The first-order chi connectivity index (χ1) is 17.6. The predicted molar refractivity (Wildman–Crippen MR) is 132 cm³/mol. The van der Waals surface area contributed by atoms with E-state index < -0.39 is 32.1 Å². The highest BCUT2D eigenvalue weighted by molar-refractivity contribution is 7.52. The first-order valence-corrected chi connectivity index (χ1v) is 13.9. The van der Waals surface area contributed by atoms with Crippen LogP contribution in [0.2, 0.25) is 0 Å². The van der Waals surface area contributed by atoms with E-state index in [9.17, 15) is 24.1 Å². The van der Waals surface area contributed by atoms with Gasteiger partial charge in [0.1, 0.15) is 19.3 Å². The van der Waals surface area contributed by atoms with E-state index >= 15 is 0 Å². The molecule has 0 aliphatic heterocycles. The van der Waals surface area contributed by atoms with Crippen molar-refractivity contribution in [3.05, 3.63) is 0 Å². The summed E-state index contributed by atoms with van der Waals surface area (Å²) in [5.41, 5.74) is 6.03. The van der Waals surface area contributed by atoms with Crippen LogP contribution >= 0.6 is 7.75 Å². The number of carbonyl (C=O) groups is 3. The van der Waals surface area contributed by atoms with Gasteiger partial charge in [-0.3, -0.25) is 9.05 Å². The third kappa shape index (κ3) is 13.0. The number of carboxylic acids is 1. The molecule has 0 radical (unpaired) electrons. The molecule has 15 heteroatoms. The van der Waals surface area contributed by atoms with Crippen molar-refractivity contribution in [1.82, 2.24) is 4.90 Å². The Morgan fingerprint density at radius 1 is 0.892 bits per heavy atom. The number of guanidine groups is 1. The van der Waals surface area contributed by atoms with E-state index in [0.29, 0.717) is 12.8 Å². The lowest BCUT2D eigenvalue weighted by atomic mass is 9.83. The summed E-state index contributed by atoms with van der Waals surface area (Å²) in [5, 5.41) is 9.81. The Bertz CT molecular complexity index is 758. The van der Waals surface area contributed by atoms with Gasteiger partial charge in [-0.1, -0.05) is 33.1 Å². The van der Waals surface area contributed by atoms with Crippen molar-refractivity contribution in [1.29, 1.82) is 0 Å². The number of ether oxygens (including phenoxy) is 4. The van der Waals surface area contributed by atoms with Gasteiger partial charge in [-0.05, 0) is 31.6 Å². The van der Waals surface area contributed by atoms with Gasteiger partial charge in [0.05, 0.1) is 26.4 Å². The Morgan fingerprint density at radius 2 is 1.35 bits per heavy atom. The molecule has 0 spiro atoms. The van der Waals surface area contributed by atoms with E-state index in [1.54, 1.807) is 0 Å². The lowest BCUT2D eigenvalue weighted by molar-refractivity contribution is -0.143. The SMILES string of the molecule is CCCOC(=O)OCCOP(=O)(N=C(N)N(C)C(C(=O)O)C1CCCCC1)OCCOC(=O)OCCC. The van der Waals surface area contributed by atoms with Gasteiger partial charge in [-0.15, -0.1) is 4.76 Å². The van der Waals surface area contributed by atoms with Gasteiger partial charge in [0.2, 0.25) is 5.96 Å². The van der Waals surface area contributed by atoms with E-state index in [1.165, 1.54) is 11.9 Å². The molecule has 37 heavy (non-hydrogen) atoms. The van der Waals surface area contributed by atoms with Crippen molar-refractivity contribution in [3.63, 3.8) is 0 Å². The summed E-state index contributed by atoms with van der Waals surface area (Å²) in [7, 11) is -2.90. The number of nitrogens with zero attached hydrogens (tertiary/aromatic N) is 2. The first kappa shape index (κ1) is 32.5. The molecule has 0 bridgehead atoms. The van der Waals surface area contributed by atoms with Crippen molar-refractivity contribution < 1.29 is 52.1 Å². The monoisotopic (exact) mass is 553 g/mol. The van der Waals surface area contributed by atoms with Gasteiger partial charge in [0, 0.05) is 7.05 Å². The molecule has 214 valence electrons. The second kappa shape index (κ2) is 17.8. The Kier molecular flexibility index (Phi) is 15.6. The van der Waals surface area contributed by atoms with E-state index in [1.807, 2.05) is 13.8 Å². The van der Waals surface area contributed by atoms with Crippen LogP contribution in [0.15, 0.2) is 4.76 Å². The highest BCUT2D eigenvalue weighted by atomic mass is 31.2. The fourth-order valence-electron chi connectivity index (χ4n) is 3.58. The van der Waals surface area contributed by atoms with Crippen molar-refractivity contribution in [3.8, 4) is 0 Å². The van der Waals surface area contributed by atoms with Crippen LogP contribution in [0, 0.1) is 5.92 Å². The molecule has 1 aliphatic rings. The Morgan fingerprint density at radius 3 is 1.78 bits per heavy atom. The molecule has 0 saturated heterocycles. The minimum absolute atomic E-state index is 0.156. The van der Waals surface area contributed by atoms with Gasteiger partial charge >= 0.3 is 26.0 Å². The highest BCUT2D eigenvalue weighted by Crippen LogP contribution is 2.50. The standard InChI is InChI=1S/C22H40N3O11P/c1-4-11-31-21(28)33-13-15-35-37(30,36-16-14-34-22(29)32-12-5-2)24-20(23)25(3)18(19(26)27)17-9-7-6-8-10-17/h17-18H,4-16H2,1-3H3,(H,26,27)(H2,23,24,30). The first-order valence-electron chi connectivity index (χ1n) is 12.4. The van der Waals surface area contributed by atoms with E-state index in [-0.39, 0.29) is 51.5 Å². The van der Waals surface area contributed by atoms with Crippen molar-refractivity contribution in [2.75, 3.05) is 46.7 Å². The van der Waals surface area contributed by atoms with Crippen LogP contribution in [0.4, 0.5) is 9.59 Å². The summed E-state index contributed by atoms with van der Waals surface area (Å²) in [5.74, 6) is -1.61. The van der Waals surface area contributed by atoms with Crippen LogP contribution < -0.4 is 5.73 Å². The van der Waals surface area contributed by atoms with Crippen LogP contribution in [0.1, 0.15) is 58.8 Å². The van der Waals surface area contributed by atoms with Crippen LogP contribution in [0.3, 0.4) is 0 Å². The van der Waals surface area contributed by atoms with Crippen molar-refractivity contribution in [2.45, 2.75) is 64.8 Å². The minimum atomic E-state index is -4.34. The molecule has 0 aromatic rings. The summed E-state index contributed by atoms with van der Waals surface area (Å²) in [6.07, 6.45) is 3.68. The maximum absolute atomic E-state index is 13.3. The van der Waals surface area contributed by atoms with Gasteiger partial charge in [-0.2, -0.15) is 0 Å². The number of likely N-dealkylation sites (N-methyl/N-ethyl adjacent to an activating group) is 1. The molecule has 0 amide bonds. The summed E-state index contributed by atoms with van der Waals surface area (Å²) < 4.78 is 46.8. The average molecular weight is 554 g/mol. The molecule has 0 aromatic heterocycles. The van der Waals surface area contributed by atoms with Gasteiger partial charge in [0.15, 0.2) is 0 Å². The molecule has 14 nitrogen and oxygen atoms in total. The Balaban J connectivity index is 2.87. The molecular formula is C22H40N3O11P. The summed E-state index contributed by atoms with van der Waals surface area (Å²) in [6.45, 7) is 2.59. The fraction of sp³-hybridized carbons (Fsp3) is 0.818. The second-order valence-corrected chi connectivity index (χ2v) is 9.93. The molecule has 0 heterocycles. The lowest BCUT2D eigenvalue weighted by Crippen LogP contribution is -2.50. The van der Waals surface area contributed by atoms with Crippen LogP contribution in [-0.4, -0.2) is 87.0 Å². The molecule has 0 aromatic carbocycles. The molecule has 1 fully saturated rings. The van der Waals surface area contributed by atoms with Gasteiger partial charge in [-0.25, -0.2) is 18.9 Å². The van der Waals surface area contributed by atoms with E-state index in [2.05, 4.69) is 4.76 Å². The van der Waals surface area contributed by atoms with Crippen LogP contribution in [0.25, 0.3) is 0 Å². The Labute approximate surface area is 217 Å². The normalized spacial score (nSPS) is 15.5. The van der Waals surface area contributed by atoms with Gasteiger partial charge in [0.25, 0.3) is 0 Å². The van der Waals surface area contributed by atoms with Crippen LogP contribution in [-0.2, 0) is 37.4 Å². The predicted octanol–water partition coefficient (Wildman–Crippen LogP) is 3.53.